The maximum Gasteiger partial charge on any atom is 0.404 e. The molecule has 0 radical (unpaired) electrons. The summed E-state index contributed by atoms with van der Waals surface area (Å²) in [5, 5.41) is 18.7. The smallest absolute Gasteiger partial charge is 0.404 e. The van der Waals surface area contributed by atoms with Gasteiger partial charge in [-0.2, -0.15) is 0 Å². The molecule has 0 spiro atoms. The monoisotopic (exact) mass is 229 g/mol. The second-order valence-corrected chi connectivity index (χ2v) is 2.59. The summed E-state index contributed by atoms with van der Waals surface area (Å²) < 4.78 is 9.78. The molecule has 1 rings (SSSR count). The maximum absolute atomic E-state index is 9.26. The predicted octanol–water partition coefficient (Wildman–Crippen LogP) is 1.29. The Morgan fingerprint density at radius 1 is 1.31 bits per heavy atom. The minimum Gasteiger partial charge on any atom is -0.504 e. The number of amides is 1. The zero-order valence-corrected chi connectivity index (χ0v) is 9.35. The number of carbonyl (C=O) groups is 1. The number of phenolic OH excluding ortho intramolecular Hbond substituents is 1. The van der Waals surface area contributed by atoms with Gasteiger partial charge in [0.2, 0.25) is 0 Å². The maximum atomic E-state index is 9.26. The van der Waals surface area contributed by atoms with E-state index in [0.29, 0.717) is 11.5 Å². The van der Waals surface area contributed by atoms with Crippen LogP contribution in [0.1, 0.15) is 0 Å². The van der Waals surface area contributed by atoms with Gasteiger partial charge in [-0.15, -0.1) is 0 Å². The number of hydrogen-bond donors (Lipinski definition) is 3. The summed E-state index contributed by atoms with van der Waals surface area (Å²) in [6, 6.07) is 4.81. The molecule has 0 saturated heterocycles. The van der Waals surface area contributed by atoms with Gasteiger partial charge in [0, 0.05) is 13.1 Å². The van der Waals surface area contributed by atoms with Crippen LogP contribution in [-0.2, 0) is 0 Å². The number of ether oxygens (including phenoxy) is 2. The van der Waals surface area contributed by atoms with Gasteiger partial charge in [0.1, 0.15) is 5.75 Å². The summed E-state index contributed by atoms with van der Waals surface area (Å²) in [5.74, 6) is 1.21. The first kappa shape index (κ1) is 13.9. The highest BCUT2D eigenvalue weighted by atomic mass is 16.5. The molecule has 0 fully saturated rings. The number of phenols is 1. The molecule has 0 unspecified atom stereocenters. The fraction of sp³-hybridized carbons (Fsp3) is 0.300. The zero-order valence-electron chi connectivity index (χ0n) is 9.35. The second kappa shape index (κ2) is 7.22. The Labute approximate surface area is 93.4 Å². The van der Waals surface area contributed by atoms with Gasteiger partial charge in [-0.3, -0.25) is 0 Å². The minimum absolute atomic E-state index is 0.119. The largest absolute Gasteiger partial charge is 0.504 e. The Bertz CT molecular complexity index is 340. The molecule has 6 heteroatoms. The molecular formula is C10H15NO5. The molecule has 6 nitrogen and oxygen atoms in total. The van der Waals surface area contributed by atoms with Crippen LogP contribution in [0.2, 0.25) is 0 Å². The summed E-state index contributed by atoms with van der Waals surface area (Å²) in [5.41, 5.74) is 0. The lowest BCUT2D eigenvalue weighted by atomic mass is 10.3. The third kappa shape index (κ3) is 4.94. The van der Waals surface area contributed by atoms with Crippen LogP contribution >= 0.6 is 0 Å². The average molecular weight is 229 g/mol. The van der Waals surface area contributed by atoms with Crippen molar-refractivity contribution in [3.05, 3.63) is 18.2 Å². The first-order valence-electron chi connectivity index (χ1n) is 4.36. The molecule has 90 valence electrons. The van der Waals surface area contributed by atoms with Crippen LogP contribution in [0.5, 0.6) is 17.2 Å². The van der Waals surface area contributed by atoms with E-state index in [1.165, 1.54) is 20.2 Å². The lowest BCUT2D eigenvalue weighted by Crippen LogP contribution is -2.13. The molecule has 0 atom stereocenters. The number of methoxy groups -OCH3 is 2. The van der Waals surface area contributed by atoms with Gasteiger partial charge in [0.05, 0.1) is 14.2 Å². The summed E-state index contributed by atoms with van der Waals surface area (Å²) in [6.07, 6.45) is -0.995. The van der Waals surface area contributed by atoms with Crippen molar-refractivity contribution >= 4 is 6.09 Å². The van der Waals surface area contributed by atoms with Crippen LogP contribution in [0, 0.1) is 0 Å². The zero-order chi connectivity index (χ0) is 12.6. The van der Waals surface area contributed by atoms with E-state index in [2.05, 4.69) is 0 Å². The van der Waals surface area contributed by atoms with Crippen molar-refractivity contribution in [1.82, 2.24) is 5.32 Å². The summed E-state index contributed by atoms with van der Waals surface area (Å²) in [6.45, 7) is 0. The van der Waals surface area contributed by atoms with Crippen molar-refractivity contribution in [3.63, 3.8) is 0 Å². The van der Waals surface area contributed by atoms with E-state index in [4.69, 9.17) is 19.7 Å². The summed E-state index contributed by atoms with van der Waals surface area (Å²) in [4.78, 5) is 9.26. The highest BCUT2D eigenvalue weighted by molar-refractivity contribution is 5.63. The van der Waals surface area contributed by atoms with Crippen LogP contribution in [0.25, 0.3) is 0 Å². The number of carboxylic acid groups (broad SMARTS) is 1. The Hall–Kier alpha value is -2.11. The normalized spacial score (nSPS) is 8.44. The van der Waals surface area contributed by atoms with E-state index in [1.54, 1.807) is 19.2 Å². The first-order valence-corrected chi connectivity index (χ1v) is 4.36. The molecule has 0 heterocycles. The second-order valence-electron chi connectivity index (χ2n) is 2.59. The van der Waals surface area contributed by atoms with Crippen LogP contribution in [0.4, 0.5) is 4.79 Å². The summed E-state index contributed by atoms with van der Waals surface area (Å²) in [7, 11) is 4.41. The van der Waals surface area contributed by atoms with Gasteiger partial charge in [0.15, 0.2) is 11.5 Å². The molecule has 0 aromatic heterocycles. The minimum atomic E-state index is -0.995. The number of hydrogen-bond acceptors (Lipinski definition) is 4. The van der Waals surface area contributed by atoms with E-state index in [1.807, 2.05) is 5.32 Å². The highest BCUT2D eigenvalue weighted by Gasteiger charge is 2.00. The van der Waals surface area contributed by atoms with Gasteiger partial charge in [-0.05, 0) is 12.1 Å². The topological polar surface area (TPSA) is 88.0 Å². The number of aromatic hydroxyl groups is 1. The molecule has 0 aliphatic heterocycles. The molecule has 0 aliphatic rings. The van der Waals surface area contributed by atoms with Gasteiger partial charge >= 0.3 is 6.09 Å². The van der Waals surface area contributed by atoms with E-state index < -0.39 is 6.09 Å². The first-order chi connectivity index (χ1) is 7.54. The fourth-order valence-corrected chi connectivity index (χ4v) is 0.785. The van der Waals surface area contributed by atoms with Crippen molar-refractivity contribution in [1.29, 1.82) is 0 Å². The Morgan fingerprint density at radius 3 is 2.25 bits per heavy atom. The quantitative estimate of drug-likeness (QED) is 0.711. The number of nitrogens with one attached hydrogen (secondary N) is 1. The van der Waals surface area contributed by atoms with Crippen LogP contribution in [0.3, 0.4) is 0 Å². The van der Waals surface area contributed by atoms with Gasteiger partial charge in [-0.1, -0.05) is 0 Å². The molecule has 1 aromatic carbocycles. The van der Waals surface area contributed by atoms with Crippen molar-refractivity contribution in [2.24, 2.45) is 0 Å². The fourth-order valence-electron chi connectivity index (χ4n) is 0.785. The molecule has 1 amide bonds. The van der Waals surface area contributed by atoms with Crippen molar-refractivity contribution < 1.29 is 24.5 Å². The molecular weight excluding hydrogens is 214 g/mol. The van der Waals surface area contributed by atoms with Crippen LogP contribution < -0.4 is 14.8 Å². The highest BCUT2D eigenvalue weighted by Crippen LogP contribution is 2.29. The van der Waals surface area contributed by atoms with E-state index in [-0.39, 0.29) is 5.75 Å². The number of rotatable bonds is 2. The Balaban J connectivity index is 0.000000385. The third-order valence-electron chi connectivity index (χ3n) is 1.60. The molecule has 0 saturated carbocycles. The molecule has 0 bridgehead atoms. The number of benzene rings is 1. The molecule has 3 N–H and O–H groups in total. The SMILES string of the molecule is CNC(=O)O.COc1ccc(O)c(OC)c1. The van der Waals surface area contributed by atoms with Gasteiger partial charge in [-0.25, -0.2) is 4.79 Å². The predicted molar refractivity (Wildman–Crippen MR) is 58.3 cm³/mol. The molecule has 1 aromatic rings. The van der Waals surface area contributed by atoms with Crippen LogP contribution in [-0.4, -0.2) is 37.6 Å². The average Bonchev–Trinajstić information content (AvgIpc) is 2.30. The standard InChI is InChI=1S/C8H10O3.C2H5NO2/c1-10-6-3-4-7(9)8(5-6)11-2;1-3-2(4)5/h3-5,9H,1-2H3;3H,1H3,(H,4,5). The Morgan fingerprint density at radius 2 is 1.88 bits per heavy atom. The van der Waals surface area contributed by atoms with Gasteiger partial charge < -0.3 is 25.0 Å². The van der Waals surface area contributed by atoms with Crippen molar-refractivity contribution in [3.8, 4) is 17.2 Å². The van der Waals surface area contributed by atoms with E-state index in [9.17, 15) is 4.79 Å². The van der Waals surface area contributed by atoms with Crippen molar-refractivity contribution in [2.45, 2.75) is 0 Å². The van der Waals surface area contributed by atoms with Crippen molar-refractivity contribution in [2.75, 3.05) is 21.3 Å². The molecule has 16 heavy (non-hydrogen) atoms. The van der Waals surface area contributed by atoms with Crippen LogP contribution in [0.15, 0.2) is 18.2 Å². The van der Waals surface area contributed by atoms with E-state index >= 15 is 0 Å². The lowest BCUT2D eigenvalue weighted by Gasteiger charge is -2.04. The Kier molecular flexibility index (Phi) is 6.27. The lowest BCUT2D eigenvalue weighted by molar-refractivity contribution is 0.197. The summed E-state index contributed by atoms with van der Waals surface area (Å²) >= 11 is 0. The van der Waals surface area contributed by atoms with E-state index in [0.717, 1.165) is 0 Å². The third-order valence-corrected chi connectivity index (χ3v) is 1.60. The van der Waals surface area contributed by atoms with Gasteiger partial charge in [0.25, 0.3) is 0 Å². The molecule has 0 aliphatic carbocycles.